The fraction of sp³-hybridized carbons (Fsp3) is 0.682. The fourth-order valence-electron chi connectivity index (χ4n) is 4.25. The Morgan fingerprint density at radius 3 is 2.52 bits per heavy atom. The molecule has 2 aliphatic rings. The molecule has 2 unspecified atom stereocenters. The number of likely N-dealkylation sites (tertiary alicyclic amines) is 1. The van der Waals surface area contributed by atoms with Crippen molar-refractivity contribution in [3.63, 3.8) is 0 Å². The number of benzene rings is 1. The number of carbonyl (C=O) groups is 1. The summed E-state index contributed by atoms with van der Waals surface area (Å²) in [7, 11) is 0. The van der Waals surface area contributed by atoms with Crippen LogP contribution in [0.5, 0.6) is 0 Å². The lowest BCUT2D eigenvalue weighted by Crippen LogP contribution is -2.54. The maximum Gasteiger partial charge on any atom is 0.410 e. The van der Waals surface area contributed by atoms with Crippen LogP contribution >= 0.6 is 0 Å². The molecule has 1 aromatic carbocycles. The van der Waals surface area contributed by atoms with Gasteiger partial charge in [0.2, 0.25) is 0 Å². The second-order valence-corrected chi connectivity index (χ2v) is 8.86. The molecule has 5 heteroatoms. The van der Waals surface area contributed by atoms with E-state index in [9.17, 15) is 4.79 Å². The first kappa shape index (κ1) is 20.2. The summed E-state index contributed by atoms with van der Waals surface area (Å²) in [5.74, 6) is 0. The molecule has 1 amide bonds. The molecular formula is C22H34N2O3. The summed E-state index contributed by atoms with van der Waals surface area (Å²) in [5, 5.41) is 3.64. The third kappa shape index (κ3) is 5.23. The van der Waals surface area contributed by atoms with Crippen molar-refractivity contribution in [2.45, 2.75) is 76.7 Å². The molecule has 0 radical (unpaired) electrons. The normalized spacial score (nSPS) is 25.4. The number of rotatable bonds is 3. The van der Waals surface area contributed by atoms with E-state index in [2.05, 4.69) is 36.5 Å². The highest BCUT2D eigenvalue weighted by Gasteiger charge is 2.44. The Balaban J connectivity index is 1.68. The molecule has 150 valence electrons. The highest BCUT2D eigenvalue weighted by Crippen LogP contribution is 2.43. The number of amides is 1. The Bertz CT molecular complexity index is 618. The molecule has 3 rings (SSSR count). The lowest BCUT2D eigenvalue weighted by molar-refractivity contribution is -0.162. The van der Waals surface area contributed by atoms with Crippen LogP contribution in [0.25, 0.3) is 0 Å². The number of carbonyl (C=O) groups excluding carboxylic acids is 1. The fourth-order valence-corrected chi connectivity index (χ4v) is 4.25. The van der Waals surface area contributed by atoms with Crippen LogP contribution in [0.3, 0.4) is 0 Å². The maximum absolute atomic E-state index is 12.4. The average molecular weight is 375 g/mol. The lowest BCUT2D eigenvalue weighted by Gasteiger charge is -2.49. The van der Waals surface area contributed by atoms with Crippen molar-refractivity contribution in [3.8, 4) is 0 Å². The van der Waals surface area contributed by atoms with Gasteiger partial charge >= 0.3 is 6.09 Å². The quantitative estimate of drug-likeness (QED) is 0.858. The number of nitrogens with one attached hydrogen (secondary N) is 1. The number of hydrogen-bond acceptors (Lipinski definition) is 4. The van der Waals surface area contributed by atoms with E-state index in [4.69, 9.17) is 9.47 Å². The summed E-state index contributed by atoms with van der Waals surface area (Å²) in [4.78, 5) is 14.2. The SMILES string of the molecule is CCNC1CC(c2ccccc2)OC2(CCN(C(=O)OC(C)(C)C)CC2)C1. The number of ether oxygens (including phenoxy) is 2. The average Bonchev–Trinajstić information content (AvgIpc) is 2.61. The van der Waals surface area contributed by atoms with Gasteiger partial charge in [-0.25, -0.2) is 4.79 Å². The van der Waals surface area contributed by atoms with Crippen LogP contribution in [-0.4, -0.2) is 47.9 Å². The predicted molar refractivity (Wildman–Crippen MR) is 107 cm³/mol. The van der Waals surface area contributed by atoms with Gasteiger partial charge in [-0.2, -0.15) is 0 Å². The van der Waals surface area contributed by atoms with Crippen LogP contribution in [0.2, 0.25) is 0 Å². The molecule has 2 saturated heterocycles. The monoisotopic (exact) mass is 374 g/mol. The minimum absolute atomic E-state index is 0.108. The minimum atomic E-state index is -0.456. The summed E-state index contributed by atoms with van der Waals surface area (Å²) in [6.45, 7) is 10.2. The topological polar surface area (TPSA) is 50.8 Å². The highest BCUT2D eigenvalue weighted by molar-refractivity contribution is 5.68. The first-order valence-corrected chi connectivity index (χ1v) is 10.2. The van der Waals surface area contributed by atoms with Gasteiger partial charge in [-0.3, -0.25) is 0 Å². The van der Waals surface area contributed by atoms with Gasteiger partial charge in [-0.15, -0.1) is 0 Å². The summed E-state index contributed by atoms with van der Waals surface area (Å²) in [6.07, 6.45) is 3.62. The van der Waals surface area contributed by atoms with E-state index in [0.717, 1.165) is 32.2 Å². The second-order valence-electron chi connectivity index (χ2n) is 8.86. The van der Waals surface area contributed by atoms with Crippen LogP contribution in [0, 0.1) is 0 Å². The highest BCUT2D eigenvalue weighted by atomic mass is 16.6. The van der Waals surface area contributed by atoms with Crippen molar-refractivity contribution < 1.29 is 14.3 Å². The molecule has 0 saturated carbocycles. The Hall–Kier alpha value is -1.59. The standard InChI is InChI=1S/C22H34N2O3/c1-5-23-18-15-19(17-9-7-6-8-10-17)26-22(16-18)11-13-24(14-12-22)20(25)27-21(2,3)4/h6-10,18-19,23H,5,11-16H2,1-4H3. The molecule has 1 N–H and O–H groups in total. The van der Waals surface area contributed by atoms with Gasteiger partial charge in [-0.05, 0) is 58.6 Å². The Kier molecular flexibility index (Phi) is 6.11. The lowest BCUT2D eigenvalue weighted by atomic mass is 9.80. The molecule has 2 fully saturated rings. The zero-order valence-corrected chi connectivity index (χ0v) is 17.2. The molecule has 5 nitrogen and oxygen atoms in total. The van der Waals surface area contributed by atoms with Gasteiger partial charge in [-0.1, -0.05) is 37.3 Å². The van der Waals surface area contributed by atoms with Gasteiger partial charge < -0.3 is 19.7 Å². The molecular weight excluding hydrogens is 340 g/mol. The predicted octanol–water partition coefficient (Wildman–Crippen LogP) is 4.29. The van der Waals surface area contributed by atoms with Crippen LogP contribution in [-0.2, 0) is 9.47 Å². The van der Waals surface area contributed by atoms with E-state index in [0.29, 0.717) is 19.1 Å². The Labute approximate surface area is 163 Å². The van der Waals surface area contributed by atoms with Gasteiger partial charge in [0, 0.05) is 19.1 Å². The second kappa shape index (κ2) is 8.19. The summed E-state index contributed by atoms with van der Waals surface area (Å²) in [5.41, 5.74) is 0.626. The van der Waals surface area contributed by atoms with E-state index in [1.54, 1.807) is 0 Å². The molecule has 0 bridgehead atoms. The van der Waals surface area contributed by atoms with E-state index in [-0.39, 0.29) is 17.8 Å². The summed E-state index contributed by atoms with van der Waals surface area (Å²) in [6, 6.07) is 11.0. The van der Waals surface area contributed by atoms with Crippen molar-refractivity contribution in [2.24, 2.45) is 0 Å². The van der Waals surface area contributed by atoms with E-state index >= 15 is 0 Å². The molecule has 0 aliphatic carbocycles. The minimum Gasteiger partial charge on any atom is -0.444 e. The maximum atomic E-state index is 12.4. The Morgan fingerprint density at radius 2 is 1.93 bits per heavy atom. The third-order valence-electron chi connectivity index (χ3n) is 5.50. The smallest absolute Gasteiger partial charge is 0.410 e. The van der Waals surface area contributed by atoms with Gasteiger partial charge in [0.05, 0.1) is 11.7 Å². The van der Waals surface area contributed by atoms with E-state index in [1.165, 1.54) is 5.56 Å². The molecule has 1 spiro atoms. The van der Waals surface area contributed by atoms with Crippen molar-refractivity contribution in [1.29, 1.82) is 0 Å². The third-order valence-corrected chi connectivity index (χ3v) is 5.50. The van der Waals surface area contributed by atoms with Crippen LogP contribution < -0.4 is 5.32 Å². The molecule has 27 heavy (non-hydrogen) atoms. The number of hydrogen-bond donors (Lipinski definition) is 1. The van der Waals surface area contributed by atoms with E-state index < -0.39 is 5.60 Å². The molecule has 2 heterocycles. The van der Waals surface area contributed by atoms with Crippen molar-refractivity contribution in [3.05, 3.63) is 35.9 Å². The first-order chi connectivity index (χ1) is 12.8. The van der Waals surface area contributed by atoms with E-state index in [1.807, 2.05) is 31.7 Å². The van der Waals surface area contributed by atoms with Gasteiger partial charge in [0.15, 0.2) is 0 Å². The van der Waals surface area contributed by atoms with Crippen molar-refractivity contribution in [1.82, 2.24) is 10.2 Å². The number of nitrogens with zero attached hydrogens (tertiary/aromatic N) is 1. The van der Waals surface area contributed by atoms with Crippen molar-refractivity contribution in [2.75, 3.05) is 19.6 Å². The zero-order valence-electron chi connectivity index (χ0n) is 17.2. The zero-order chi connectivity index (χ0) is 19.5. The van der Waals surface area contributed by atoms with Crippen molar-refractivity contribution >= 4 is 6.09 Å². The van der Waals surface area contributed by atoms with Crippen LogP contribution in [0.1, 0.15) is 65.0 Å². The van der Waals surface area contributed by atoms with Crippen LogP contribution in [0.15, 0.2) is 30.3 Å². The van der Waals surface area contributed by atoms with Gasteiger partial charge in [0.25, 0.3) is 0 Å². The van der Waals surface area contributed by atoms with Gasteiger partial charge in [0.1, 0.15) is 5.60 Å². The van der Waals surface area contributed by atoms with Crippen LogP contribution in [0.4, 0.5) is 4.79 Å². The molecule has 0 aromatic heterocycles. The summed E-state index contributed by atoms with van der Waals surface area (Å²) >= 11 is 0. The molecule has 2 aliphatic heterocycles. The first-order valence-electron chi connectivity index (χ1n) is 10.2. The number of piperidine rings is 1. The largest absolute Gasteiger partial charge is 0.444 e. The molecule has 2 atom stereocenters. The summed E-state index contributed by atoms with van der Waals surface area (Å²) < 4.78 is 12.2. The Morgan fingerprint density at radius 1 is 1.26 bits per heavy atom. The molecule has 1 aromatic rings.